The monoisotopic (exact) mass is 365 g/mol. The van der Waals surface area contributed by atoms with Crippen molar-refractivity contribution in [3.8, 4) is 0 Å². The van der Waals surface area contributed by atoms with Gasteiger partial charge in [-0.2, -0.15) is 26.3 Å². The maximum atomic E-state index is 12.7. The Bertz CT molecular complexity index is 512. The Morgan fingerprint density at radius 2 is 1.52 bits per heavy atom. The zero-order valence-electron chi connectivity index (χ0n) is 11.8. The fourth-order valence-corrected chi connectivity index (χ4v) is 1.72. The number of nitrogens with two attached hydrogens (primary N) is 1. The van der Waals surface area contributed by atoms with Crippen LogP contribution in [0, 0.1) is 0 Å². The van der Waals surface area contributed by atoms with Crippen molar-refractivity contribution in [3.05, 3.63) is 34.9 Å². The summed E-state index contributed by atoms with van der Waals surface area (Å²) in [5, 5.41) is 0. The van der Waals surface area contributed by atoms with E-state index in [-0.39, 0.29) is 30.6 Å². The highest BCUT2D eigenvalue weighted by Crippen LogP contribution is 2.36. The number of carbonyl (C=O) groups excluding carboxylic acids is 1. The zero-order chi connectivity index (χ0) is 17.1. The third-order valence-corrected chi connectivity index (χ3v) is 2.69. The molecule has 10 heteroatoms. The first kappa shape index (κ1) is 21.5. The molecule has 3 nitrogen and oxygen atoms in total. The molecule has 0 aliphatic carbocycles. The van der Waals surface area contributed by atoms with E-state index in [1.807, 2.05) is 0 Å². The first-order valence-corrected chi connectivity index (χ1v) is 6.15. The van der Waals surface area contributed by atoms with E-state index < -0.39 is 41.9 Å². The lowest BCUT2D eigenvalue weighted by molar-refractivity contribution is -0.144. The lowest BCUT2D eigenvalue weighted by atomic mass is 10.00. The van der Waals surface area contributed by atoms with Crippen LogP contribution in [0.25, 0.3) is 0 Å². The number of halogens is 7. The van der Waals surface area contributed by atoms with Gasteiger partial charge in [0.05, 0.1) is 17.7 Å². The summed E-state index contributed by atoms with van der Waals surface area (Å²) in [6.07, 6.45) is -10.4. The molecule has 1 unspecified atom stereocenters. The van der Waals surface area contributed by atoms with E-state index in [0.717, 1.165) is 0 Å². The third kappa shape index (κ3) is 6.26. The number of alkyl halides is 6. The molecule has 132 valence electrons. The van der Waals surface area contributed by atoms with E-state index >= 15 is 0 Å². The van der Waals surface area contributed by atoms with Crippen molar-refractivity contribution in [2.45, 2.75) is 31.7 Å². The third-order valence-electron chi connectivity index (χ3n) is 2.69. The van der Waals surface area contributed by atoms with Crippen LogP contribution in [0.4, 0.5) is 26.3 Å². The number of carbonyl (C=O) groups is 1. The Morgan fingerprint density at radius 3 is 1.87 bits per heavy atom. The quantitative estimate of drug-likeness (QED) is 0.655. The molecular weight excluding hydrogens is 352 g/mol. The van der Waals surface area contributed by atoms with Gasteiger partial charge < -0.3 is 10.5 Å². The summed E-state index contributed by atoms with van der Waals surface area (Å²) in [5.41, 5.74) is 2.17. The highest BCUT2D eigenvalue weighted by Gasteiger charge is 2.37. The Balaban J connectivity index is 0.00000484. The summed E-state index contributed by atoms with van der Waals surface area (Å²) in [4.78, 5) is 11.3. The molecule has 0 saturated heterocycles. The number of benzene rings is 1. The first-order chi connectivity index (χ1) is 9.95. The molecule has 0 heterocycles. The van der Waals surface area contributed by atoms with Gasteiger partial charge in [0.15, 0.2) is 0 Å². The van der Waals surface area contributed by atoms with Crippen molar-refractivity contribution in [1.82, 2.24) is 0 Å². The van der Waals surface area contributed by atoms with Crippen LogP contribution in [0.15, 0.2) is 18.2 Å². The van der Waals surface area contributed by atoms with Crippen LogP contribution < -0.4 is 5.73 Å². The minimum Gasteiger partial charge on any atom is -0.465 e. The molecule has 0 spiro atoms. The molecule has 1 aromatic rings. The van der Waals surface area contributed by atoms with Crippen molar-refractivity contribution in [2.24, 2.45) is 5.73 Å². The molecule has 0 aromatic heterocycles. The average Bonchev–Trinajstić information content (AvgIpc) is 2.36. The fourth-order valence-electron chi connectivity index (χ4n) is 1.72. The molecule has 0 aliphatic heterocycles. The van der Waals surface area contributed by atoms with Gasteiger partial charge in [-0.15, -0.1) is 12.4 Å². The van der Waals surface area contributed by atoms with Crippen LogP contribution in [-0.4, -0.2) is 18.6 Å². The molecule has 0 bridgehead atoms. The van der Waals surface area contributed by atoms with Gasteiger partial charge in [-0.05, 0) is 37.1 Å². The fraction of sp³-hybridized carbons (Fsp3) is 0.462. The number of esters is 1. The first-order valence-electron chi connectivity index (χ1n) is 6.15. The second-order valence-corrected chi connectivity index (χ2v) is 4.48. The normalized spacial score (nSPS) is 13.2. The number of rotatable bonds is 4. The lowest BCUT2D eigenvalue weighted by Crippen LogP contribution is -2.34. The van der Waals surface area contributed by atoms with Gasteiger partial charge >= 0.3 is 18.3 Å². The highest BCUT2D eigenvalue weighted by atomic mass is 35.5. The van der Waals surface area contributed by atoms with Crippen LogP contribution in [0.1, 0.15) is 23.6 Å². The molecular formula is C13H14ClF6NO2. The van der Waals surface area contributed by atoms with Crippen LogP contribution in [0.5, 0.6) is 0 Å². The summed E-state index contributed by atoms with van der Waals surface area (Å²) in [6, 6.07) is -0.258. The Hall–Kier alpha value is -1.48. The van der Waals surface area contributed by atoms with Crippen molar-refractivity contribution in [3.63, 3.8) is 0 Å². The maximum absolute atomic E-state index is 12.7. The smallest absolute Gasteiger partial charge is 0.416 e. The van der Waals surface area contributed by atoms with E-state index in [4.69, 9.17) is 5.73 Å². The Morgan fingerprint density at radius 1 is 1.09 bits per heavy atom. The van der Waals surface area contributed by atoms with Gasteiger partial charge in [-0.3, -0.25) is 4.79 Å². The van der Waals surface area contributed by atoms with E-state index in [0.29, 0.717) is 12.1 Å². The molecule has 0 radical (unpaired) electrons. The van der Waals surface area contributed by atoms with Crippen LogP contribution in [0.3, 0.4) is 0 Å². The second-order valence-electron chi connectivity index (χ2n) is 4.48. The molecule has 0 aliphatic rings. The summed E-state index contributed by atoms with van der Waals surface area (Å²) in [7, 11) is 0. The standard InChI is InChI=1S/C13H13F6NO2.ClH/c1-2-22-11(21)10(20)5-7-3-8(12(14,15)16)6-9(4-7)13(17,18)19;/h3-4,6,10H,2,5,20H2,1H3;1H. The molecule has 1 atom stereocenters. The van der Waals surface area contributed by atoms with Crippen LogP contribution in [0.2, 0.25) is 0 Å². The van der Waals surface area contributed by atoms with Crippen molar-refractivity contribution >= 4 is 18.4 Å². The maximum Gasteiger partial charge on any atom is 0.416 e. The summed E-state index contributed by atoms with van der Waals surface area (Å²) < 4.78 is 80.5. The van der Waals surface area contributed by atoms with Crippen molar-refractivity contribution < 1.29 is 35.9 Å². The summed E-state index contributed by atoms with van der Waals surface area (Å²) in [6.45, 7) is 1.50. The van der Waals surface area contributed by atoms with Crippen molar-refractivity contribution in [1.29, 1.82) is 0 Å². The average molecular weight is 366 g/mol. The molecule has 0 amide bonds. The van der Waals surface area contributed by atoms with Crippen molar-refractivity contribution in [2.75, 3.05) is 6.61 Å². The van der Waals surface area contributed by atoms with Gasteiger partial charge in [0.1, 0.15) is 6.04 Å². The molecule has 0 saturated carbocycles. The van der Waals surface area contributed by atoms with Gasteiger partial charge in [-0.1, -0.05) is 0 Å². The molecule has 0 fully saturated rings. The molecule has 23 heavy (non-hydrogen) atoms. The summed E-state index contributed by atoms with van der Waals surface area (Å²) in [5.74, 6) is -0.895. The van der Waals surface area contributed by atoms with E-state index in [1.165, 1.54) is 6.92 Å². The Labute approximate surface area is 134 Å². The van der Waals surface area contributed by atoms with Crippen LogP contribution >= 0.6 is 12.4 Å². The van der Waals surface area contributed by atoms with E-state index in [1.54, 1.807) is 0 Å². The Kier molecular flexibility index (Phi) is 7.36. The molecule has 1 rings (SSSR count). The molecule has 1 aromatic carbocycles. The predicted octanol–water partition coefficient (Wildman–Crippen LogP) is 3.58. The second kappa shape index (κ2) is 7.87. The highest BCUT2D eigenvalue weighted by molar-refractivity contribution is 5.85. The molecule has 2 N–H and O–H groups in total. The number of hydrogen-bond acceptors (Lipinski definition) is 3. The summed E-state index contributed by atoms with van der Waals surface area (Å²) >= 11 is 0. The van der Waals surface area contributed by atoms with Crippen LogP contribution in [-0.2, 0) is 28.3 Å². The van der Waals surface area contributed by atoms with Gasteiger partial charge in [0, 0.05) is 0 Å². The van der Waals surface area contributed by atoms with E-state index in [9.17, 15) is 31.1 Å². The SMILES string of the molecule is CCOC(=O)C(N)Cc1cc(C(F)(F)F)cc(C(F)(F)F)c1.Cl. The van der Waals surface area contributed by atoms with Gasteiger partial charge in [-0.25, -0.2) is 0 Å². The lowest BCUT2D eigenvalue weighted by Gasteiger charge is -2.16. The largest absolute Gasteiger partial charge is 0.465 e. The number of ether oxygens (including phenoxy) is 1. The van der Waals surface area contributed by atoms with Gasteiger partial charge in [0.2, 0.25) is 0 Å². The number of hydrogen-bond donors (Lipinski definition) is 1. The predicted molar refractivity (Wildman–Crippen MR) is 72.0 cm³/mol. The minimum atomic E-state index is -4.94. The van der Waals surface area contributed by atoms with Gasteiger partial charge in [0.25, 0.3) is 0 Å². The van der Waals surface area contributed by atoms with E-state index in [2.05, 4.69) is 4.74 Å². The minimum absolute atomic E-state index is 0. The zero-order valence-corrected chi connectivity index (χ0v) is 12.6. The topological polar surface area (TPSA) is 52.3 Å².